The van der Waals surface area contributed by atoms with Gasteiger partial charge in [-0.3, -0.25) is 0 Å². The fraction of sp³-hybridized carbons (Fsp3) is 0.250. The van der Waals surface area contributed by atoms with Crippen molar-refractivity contribution < 1.29 is 13.5 Å². The molecule has 2 rings (SSSR count). The Balaban J connectivity index is 2.27. The van der Waals surface area contributed by atoms with Crippen LogP contribution in [0.3, 0.4) is 0 Å². The van der Waals surface area contributed by atoms with Crippen molar-refractivity contribution in [2.45, 2.75) is 12.5 Å². The molecule has 0 amide bonds. The summed E-state index contributed by atoms with van der Waals surface area (Å²) < 4.78 is 32.1. The van der Waals surface area contributed by atoms with Gasteiger partial charge in [0.25, 0.3) is 0 Å². The second-order valence-corrected chi connectivity index (χ2v) is 5.04. The van der Waals surface area contributed by atoms with Gasteiger partial charge in [0.05, 0.1) is 12.1 Å². The SMILES string of the molecule is CNC(Cc1ccc(OC)c(F)c1)c1cccc(F)c1Cl. The Labute approximate surface area is 127 Å². The average Bonchev–Trinajstić information content (AvgIpc) is 2.48. The van der Waals surface area contributed by atoms with Crippen molar-refractivity contribution in [1.29, 1.82) is 0 Å². The lowest BCUT2D eigenvalue weighted by Crippen LogP contribution is -2.19. The standard InChI is InChI=1S/C16H16ClF2NO/c1-20-14(11-4-3-5-12(18)16(11)17)9-10-6-7-15(21-2)13(19)8-10/h3-8,14,20H,9H2,1-2H3. The first-order valence-electron chi connectivity index (χ1n) is 6.50. The van der Waals surface area contributed by atoms with Crippen LogP contribution < -0.4 is 10.1 Å². The van der Waals surface area contributed by atoms with E-state index in [1.54, 1.807) is 31.3 Å². The summed E-state index contributed by atoms with van der Waals surface area (Å²) in [6.07, 6.45) is 0.487. The van der Waals surface area contributed by atoms with Crippen molar-refractivity contribution in [1.82, 2.24) is 5.32 Å². The number of hydrogen-bond donors (Lipinski definition) is 1. The van der Waals surface area contributed by atoms with Crippen molar-refractivity contribution in [2.24, 2.45) is 0 Å². The predicted molar refractivity (Wildman–Crippen MR) is 79.9 cm³/mol. The monoisotopic (exact) mass is 311 g/mol. The molecule has 1 atom stereocenters. The molecule has 0 radical (unpaired) electrons. The van der Waals surface area contributed by atoms with Crippen LogP contribution in [0.2, 0.25) is 5.02 Å². The third-order valence-corrected chi connectivity index (χ3v) is 3.76. The zero-order valence-corrected chi connectivity index (χ0v) is 12.5. The number of likely N-dealkylation sites (N-methyl/N-ethyl adjacent to an activating group) is 1. The van der Waals surface area contributed by atoms with Crippen LogP contribution in [0, 0.1) is 11.6 Å². The minimum atomic E-state index is -0.463. The predicted octanol–water partition coefficient (Wildman–Crippen LogP) is 4.13. The van der Waals surface area contributed by atoms with Crippen molar-refractivity contribution in [3.8, 4) is 5.75 Å². The summed E-state index contributed by atoms with van der Waals surface area (Å²) in [6, 6.07) is 9.23. The average molecular weight is 312 g/mol. The highest BCUT2D eigenvalue weighted by Gasteiger charge is 2.16. The van der Waals surface area contributed by atoms with Gasteiger partial charge in [0.1, 0.15) is 5.82 Å². The smallest absolute Gasteiger partial charge is 0.165 e. The van der Waals surface area contributed by atoms with E-state index in [2.05, 4.69) is 5.32 Å². The zero-order chi connectivity index (χ0) is 15.4. The minimum Gasteiger partial charge on any atom is -0.494 e. The van der Waals surface area contributed by atoms with Gasteiger partial charge in [0.15, 0.2) is 11.6 Å². The first kappa shape index (κ1) is 15.7. The van der Waals surface area contributed by atoms with Gasteiger partial charge in [0.2, 0.25) is 0 Å². The van der Waals surface area contributed by atoms with Gasteiger partial charge in [-0.25, -0.2) is 8.78 Å². The molecule has 2 aromatic carbocycles. The van der Waals surface area contributed by atoms with Crippen LogP contribution in [0.15, 0.2) is 36.4 Å². The third-order valence-electron chi connectivity index (χ3n) is 3.36. The molecular weight excluding hydrogens is 296 g/mol. The van der Waals surface area contributed by atoms with Gasteiger partial charge in [-0.1, -0.05) is 29.8 Å². The molecule has 0 aliphatic rings. The Morgan fingerprint density at radius 2 is 1.95 bits per heavy atom. The molecule has 0 aliphatic heterocycles. The van der Waals surface area contributed by atoms with Crippen LogP contribution in [-0.4, -0.2) is 14.2 Å². The Morgan fingerprint density at radius 3 is 2.57 bits per heavy atom. The molecule has 112 valence electrons. The largest absolute Gasteiger partial charge is 0.494 e. The molecular formula is C16H16ClF2NO. The van der Waals surface area contributed by atoms with Crippen LogP contribution in [-0.2, 0) is 6.42 Å². The molecule has 0 saturated carbocycles. The number of hydrogen-bond acceptors (Lipinski definition) is 2. The normalized spacial score (nSPS) is 12.2. The van der Waals surface area contributed by atoms with Crippen LogP contribution in [0.1, 0.15) is 17.2 Å². The van der Waals surface area contributed by atoms with Gasteiger partial charge in [0, 0.05) is 6.04 Å². The second-order valence-electron chi connectivity index (χ2n) is 4.66. The molecule has 0 saturated heterocycles. The lowest BCUT2D eigenvalue weighted by Gasteiger charge is -2.18. The van der Waals surface area contributed by atoms with Gasteiger partial charge >= 0.3 is 0 Å². The Bertz CT molecular complexity index is 634. The molecule has 0 aromatic heterocycles. The third kappa shape index (κ3) is 3.52. The summed E-state index contributed by atoms with van der Waals surface area (Å²) in [6.45, 7) is 0. The van der Waals surface area contributed by atoms with E-state index < -0.39 is 11.6 Å². The van der Waals surface area contributed by atoms with Crippen molar-refractivity contribution >= 4 is 11.6 Å². The molecule has 0 spiro atoms. The fourth-order valence-corrected chi connectivity index (χ4v) is 2.49. The second kappa shape index (κ2) is 6.87. The number of benzene rings is 2. The summed E-state index contributed by atoms with van der Waals surface area (Å²) in [5.41, 5.74) is 1.42. The Kier molecular flexibility index (Phi) is 5.15. The van der Waals surface area contributed by atoms with E-state index in [1.807, 2.05) is 0 Å². The van der Waals surface area contributed by atoms with E-state index in [1.165, 1.54) is 19.2 Å². The molecule has 0 aliphatic carbocycles. The molecule has 0 fully saturated rings. The lowest BCUT2D eigenvalue weighted by molar-refractivity contribution is 0.386. The summed E-state index contributed by atoms with van der Waals surface area (Å²) in [5, 5.41) is 3.17. The molecule has 2 nitrogen and oxygen atoms in total. The summed E-state index contributed by atoms with van der Waals surface area (Å²) in [5.74, 6) is -0.686. The van der Waals surface area contributed by atoms with E-state index in [-0.39, 0.29) is 16.8 Å². The molecule has 0 heterocycles. The summed E-state index contributed by atoms with van der Waals surface area (Å²) >= 11 is 6.00. The maximum atomic E-state index is 13.7. The first-order chi connectivity index (χ1) is 10.1. The Morgan fingerprint density at radius 1 is 1.19 bits per heavy atom. The van der Waals surface area contributed by atoms with Gasteiger partial charge in [-0.15, -0.1) is 0 Å². The maximum Gasteiger partial charge on any atom is 0.165 e. The zero-order valence-electron chi connectivity index (χ0n) is 11.8. The van der Waals surface area contributed by atoms with Gasteiger partial charge in [-0.05, 0) is 42.8 Å². The topological polar surface area (TPSA) is 21.3 Å². The van der Waals surface area contributed by atoms with E-state index in [0.717, 1.165) is 5.56 Å². The first-order valence-corrected chi connectivity index (χ1v) is 6.88. The fourth-order valence-electron chi connectivity index (χ4n) is 2.23. The van der Waals surface area contributed by atoms with E-state index in [4.69, 9.17) is 16.3 Å². The van der Waals surface area contributed by atoms with Gasteiger partial charge < -0.3 is 10.1 Å². The minimum absolute atomic E-state index is 0.0887. The maximum absolute atomic E-state index is 13.7. The molecule has 2 aromatic rings. The van der Waals surface area contributed by atoms with Crippen molar-refractivity contribution in [2.75, 3.05) is 14.2 Å². The number of halogens is 3. The number of ether oxygens (including phenoxy) is 1. The lowest BCUT2D eigenvalue weighted by atomic mass is 9.98. The van der Waals surface area contributed by atoms with E-state index >= 15 is 0 Å². The molecule has 1 N–H and O–H groups in total. The van der Waals surface area contributed by atoms with E-state index in [9.17, 15) is 8.78 Å². The van der Waals surface area contributed by atoms with E-state index in [0.29, 0.717) is 12.0 Å². The van der Waals surface area contributed by atoms with Crippen molar-refractivity contribution in [3.63, 3.8) is 0 Å². The van der Waals surface area contributed by atoms with Crippen molar-refractivity contribution in [3.05, 3.63) is 64.2 Å². The number of methoxy groups -OCH3 is 1. The molecule has 1 unspecified atom stereocenters. The van der Waals surface area contributed by atoms with Gasteiger partial charge in [-0.2, -0.15) is 0 Å². The number of nitrogens with one attached hydrogen (secondary N) is 1. The summed E-state index contributed by atoms with van der Waals surface area (Å²) in [7, 11) is 3.17. The highest BCUT2D eigenvalue weighted by Crippen LogP contribution is 2.28. The highest BCUT2D eigenvalue weighted by molar-refractivity contribution is 6.31. The molecule has 5 heteroatoms. The van der Waals surface area contributed by atoms with Crippen LogP contribution in [0.4, 0.5) is 8.78 Å². The van der Waals surface area contributed by atoms with Crippen LogP contribution in [0.25, 0.3) is 0 Å². The quantitative estimate of drug-likeness (QED) is 0.896. The Hall–Kier alpha value is -1.65. The number of rotatable bonds is 5. The van der Waals surface area contributed by atoms with Crippen LogP contribution in [0.5, 0.6) is 5.75 Å². The molecule has 21 heavy (non-hydrogen) atoms. The highest BCUT2D eigenvalue weighted by atomic mass is 35.5. The summed E-state index contributed by atoms with van der Waals surface area (Å²) in [4.78, 5) is 0. The van der Waals surface area contributed by atoms with Crippen LogP contribution >= 0.6 is 11.6 Å². The molecule has 0 bridgehead atoms.